The smallest absolute Gasteiger partial charge is 0.240 e. The van der Waals surface area contributed by atoms with Crippen LogP contribution in [0.1, 0.15) is 46.0 Å². The second-order valence-corrected chi connectivity index (χ2v) is 4.97. The molecule has 2 aliphatic rings. The highest BCUT2D eigenvalue weighted by molar-refractivity contribution is 5.83. The minimum Gasteiger partial charge on any atom is -0.326 e. The Morgan fingerprint density at radius 3 is 2.47 bits per heavy atom. The molecule has 1 aliphatic heterocycles. The summed E-state index contributed by atoms with van der Waals surface area (Å²) in [5.41, 5.74) is 0. The van der Waals surface area contributed by atoms with Crippen LogP contribution in [0.2, 0.25) is 0 Å². The molecule has 1 amide bonds. The quantitative estimate of drug-likeness (QED) is 0.753. The molecule has 1 N–H and O–H groups in total. The summed E-state index contributed by atoms with van der Waals surface area (Å²) >= 11 is 0. The van der Waals surface area contributed by atoms with Crippen molar-refractivity contribution >= 4 is 5.91 Å². The lowest BCUT2D eigenvalue weighted by atomic mass is 9.84. The molecule has 86 valence electrons. The molecule has 1 heterocycles. The summed E-state index contributed by atoms with van der Waals surface area (Å²) in [6.07, 6.45) is 6.32. The molecule has 0 radical (unpaired) electrons. The molecule has 2 rings (SSSR count). The van der Waals surface area contributed by atoms with E-state index in [0.717, 1.165) is 12.6 Å². The van der Waals surface area contributed by atoms with Gasteiger partial charge in [-0.2, -0.15) is 0 Å². The topological polar surface area (TPSA) is 32.3 Å². The van der Waals surface area contributed by atoms with Gasteiger partial charge in [0.1, 0.15) is 0 Å². The monoisotopic (exact) mass is 210 g/mol. The first kappa shape index (κ1) is 10.9. The second-order valence-electron chi connectivity index (χ2n) is 4.97. The molecule has 1 aliphatic carbocycles. The Labute approximate surface area is 92.2 Å². The number of amides is 1. The Morgan fingerprint density at radius 1 is 1.33 bits per heavy atom. The first-order valence-corrected chi connectivity index (χ1v) is 6.26. The fourth-order valence-corrected chi connectivity index (χ4v) is 2.82. The number of nitrogens with zero attached hydrogens (tertiary/aromatic N) is 1. The van der Waals surface area contributed by atoms with Crippen LogP contribution in [0.5, 0.6) is 0 Å². The van der Waals surface area contributed by atoms with Crippen LogP contribution < -0.4 is 5.32 Å². The molecule has 0 aromatic rings. The predicted molar refractivity (Wildman–Crippen MR) is 60.3 cm³/mol. The lowest BCUT2D eigenvalue weighted by Gasteiger charge is -2.33. The van der Waals surface area contributed by atoms with E-state index in [9.17, 15) is 4.79 Å². The van der Waals surface area contributed by atoms with Gasteiger partial charge in [0.05, 0.1) is 12.7 Å². The van der Waals surface area contributed by atoms with E-state index < -0.39 is 0 Å². The summed E-state index contributed by atoms with van der Waals surface area (Å²) in [4.78, 5) is 13.9. The summed E-state index contributed by atoms with van der Waals surface area (Å²) in [5, 5.41) is 3.22. The van der Waals surface area contributed by atoms with Crippen molar-refractivity contribution in [3.63, 3.8) is 0 Å². The van der Waals surface area contributed by atoms with E-state index in [0.29, 0.717) is 11.9 Å². The fourth-order valence-electron chi connectivity index (χ4n) is 2.82. The SMILES string of the molecule is CCC1CCC(N2CNC(C)C2=O)CC1. The van der Waals surface area contributed by atoms with Gasteiger partial charge in [-0.25, -0.2) is 0 Å². The van der Waals surface area contributed by atoms with E-state index in [1.807, 2.05) is 6.92 Å². The van der Waals surface area contributed by atoms with Gasteiger partial charge in [-0.1, -0.05) is 13.3 Å². The third-order valence-corrected chi connectivity index (χ3v) is 4.06. The van der Waals surface area contributed by atoms with Gasteiger partial charge in [0.2, 0.25) is 5.91 Å². The molecule has 1 unspecified atom stereocenters. The summed E-state index contributed by atoms with van der Waals surface area (Å²) in [6.45, 7) is 5.00. The minimum atomic E-state index is 0.0360. The van der Waals surface area contributed by atoms with E-state index >= 15 is 0 Å². The molecule has 15 heavy (non-hydrogen) atoms. The average molecular weight is 210 g/mol. The first-order chi connectivity index (χ1) is 7.22. The molecule has 3 heteroatoms. The van der Waals surface area contributed by atoms with E-state index in [-0.39, 0.29) is 6.04 Å². The van der Waals surface area contributed by atoms with Crippen molar-refractivity contribution < 1.29 is 4.79 Å². The highest BCUT2D eigenvalue weighted by Gasteiger charge is 2.34. The van der Waals surface area contributed by atoms with Gasteiger partial charge < -0.3 is 4.90 Å². The van der Waals surface area contributed by atoms with Crippen molar-refractivity contribution in [1.82, 2.24) is 10.2 Å². The molecule has 1 saturated heterocycles. The van der Waals surface area contributed by atoms with Crippen molar-refractivity contribution in [1.29, 1.82) is 0 Å². The molecular formula is C12H22N2O. The number of carbonyl (C=O) groups is 1. The average Bonchev–Trinajstić information content (AvgIpc) is 2.60. The summed E-state index contributed by atoms with van der Waals surface area (Å²) in [5.74, 6) is 1.21. The minimum absolute atomic E-state index is 0.0360. The zero-order chi connectivity index (χ0) is 10.8. The van der Waals surface area contributed by atoms with E-state index in [2.05, 4.69) is 17.1 Å². The highest BCUT2D eigenvalue weighted by atomic mass is 16.2. The Balaban J connectivity index is 1.88. The van der Waals surface area contributed by atoms with Crippen molar-refractivity contribution in [3.8, 4) is 0 Å². The Kier molecular flexibility index (Phi) is 3.29. The zero-order valence-electron chi connectivity index (χ0n) is 9.83. The summed E-state index contributed by atoms with van der Waals surface area (Å²) in [6, 6.07) is 0.548. The summed E-state index contributed by atoms with van der Waals surface area (Å²) < 4.78 is 0. The van der Waals surface area contributed by atoms with Crippen LogP contribution in [0, 0.1) is 5.92 Å². The molecule has 0 bridgehead atoms. The highest BCUT2D eigenvalue weighted by Crippen LogP contribution is 2.30. The lowest BCUT2D eigenvalue weighted by molar-refractivity contribution is -0.131. The van der Waals surface area contributed by atoms with E-state index in [1.54, 1.807) is 0 Å². The van der Waals surface area contributed by atoms with Gasteiger partial charge in [-0.15, -0.1) is 0 Å². The molecule has 1 saturated carbocycles. The number of nitrogens with one attached hydrogen (secondary N) is 1. The fraction of sp³-hybridized carbons (Fsp3) is 0.917. The third kappa shape index (κ3) is 2.17. The van der Waals surface area contributed by atoms with Crippen molar-refractivity contribution in [2.75, 3.05) is 6.67 Å². The van der Waals surface area contributed by atoms with Crippen molar-refractivity contribution in [2.45, 2.75) is 58.0 Å². The second kappa shape index (κ2) is 4.52. The maximum atomic E-state index is 11.8. The molecule has 0 aromatic carbocycles. The molecule has 1 atom stereocenters. The van der Waals surface area contributed by atoms with Crippen LogP contribution in [-0.2, 0) is 4.79 Å². The van der Waals surface area contributed by atoms with Gasteiger partial charge in [0.25, 0.3) is 0 Å². The van der Waals surface area contributed by atoms with Crippen molar-refractivity contribution in [3.05, 3.63) is 0 Å². The Bertz CT molecular complexity index is 234. The van der Waals surface area contributed by atoms with Crippen LogP contribution in [0.25, 0.3) is 0 Å². The third-order valence-electron chi connectivity index (χ3n) is 4.06. The largest absolute Gasteiger partial charge is 0.326 e. The maximum absolute atomic E-state index is 11.8. The number of hydrogen-bond donors (Lipinski definition) is 1. The standard InChI is InChI=1S/C12H22N2O/c1-3-10-4-6-11(7-5-10)14-8-13-9(2)12(14)15/h9-11,13H,3-8H2,1-2H3. The number of carbonyl (C=O) groups excluding carboxylic acids is 1. The lowest BCUT2D eigenvalue weighted by Crippen LogP contribution is -2.40. The van der Waals surface area contributed by atoms with E-state index in [1.165, 1.54) is 32.1 Å². The number of hydrogen-bond acceptors (Lipinski definition) is 2. The molecule has 0 aromatic heterocycles. The molecular weight excluding hydrogens is 188 g/mol. The van der Waals surface area contributed by atoms with Crippen molar-refractivity contribution in [2.24, 2.45) is 5.92 Å². The maximum Gasteiger partial charge on any atom is 0.240 e. The molecule has 3 nitrogen and oxygen atoms in total. The van der Waals surface area contributed by atoms with Gasteiger partial charge in [0, 0.05) is 6.04 Å². The summed E-state index contributed by atoms with van der Waals surface area (Å²) in [7, 11) is 0. The predicted octanol–water partition coefficient (Wildman–Crippen LogP) is 1.73. The first-order valence-electron chi connectivity index (χ1n) is 6.26. The van der Waals surface area contributed by atoms with Crippen LogP contribution in [0.15, 0.2) is 0 Å². The normalized spacial score (nSPS) is 37.3. The zero-order valence-corrected chi connectivity index (χ0v) is 9.83. The van der Waals surface area contributed by atoms with Crippen LogP contribution in [-0.4, -0.2) is 29.6 Å². The molecule has 0 spiro atoms. The van der Waals surface area contributed by atoms with Gasteiger partial charge >= 0.3 is 0 Å². The van der Waals surface area contributed by atoms with Gasteiger partial charge in [0.15, 0.2) is 0 Å². The van der Waals surface area contributed by atoms with Gasteiger partial charge in [-0.3, -0.25) is 10.1 Å². The Morgan fingerprint density at radius 2 is 2.00 bits per heavy atom. The van der Waals surface area contributed by atoms with Crippen LogP contribution in [0.3, 0.4) is 0 Å². The Hall–Kier alpha value is -0.570. The van der Waals surface area contributed by atoms with Crippen LogP contribution >= 0.6 is 0 Å². The van der Waals surface area contributed by atoms with E-state index in [4.69, 9.17) is 0 Å². The number of rotatable bonds is 2. The molecule has 2 fully saturated rings. The van der Waals surface area contributed by atoms with Crippen LogP contribution in [0.4, 0.5) is 0 Å². The van der Waals surface area contributed by atoms with Gasteiger partial charge in [-0.05, 0) is 38.5 Å².